The van der Waals surface area contributed by atoms with Crippen molar-refractivity contribution in [3.05, 3.63) is 188 Å². The molecule has 0 unspecified atom stereocenters. The van der Waals surface area contributed by atoms with Crippen LogP contribution in [0.2, 0.25) is 0 Å². The van der Waals surface area contributed by atoms with Crippen LogP contribution in [0.15, 0.2) is 192 Å². The third-order valence-electron chi connectivity index (χ3n) is 11.2. The Morgan fingerprint density at radius 3 is 1.56 bits per heavy atom. The quantitative estimate of drug-likeness (QED) is 0.177. The van der Waals surface area contributed by atoms with Gasteiger partial charge in [-0.3, -0.25) is 4.57 Å². The van der Waals surface area contributed by atoms with Crippen molar-refractivity contribution in [2.45, 2.75) is 0 Å². The largest absolute Gasteiger partial charge is 0.456 e. The van der Waals surface area contributed by atoms with Crippen molar-refractivity contribution >= 4 is 65.6 Å². The van der Waals surface area contributed by atoms with Gasteiger partial charge in [-0.05, 0) is 65.7 Å². The van der Waals surface area contributed by atoms with Crippen LogP contribution in [0.4, 0.5) is 0 Å². The molecule has 0 amide bonds. The molecule has 8 aromatic carbocycles. The minimum atomic E-state index is 0.554. The lowest BCUT2D eigenvalue weighted by molar-refractivity contribution is 0.669. The lowest BCUT2D eigenvalue weighted by Crippen LogP contribution is -2.06. The second kappa shape index (κ2) is 12.3. The van der Waals surface area contributed by atoms with Crippen molar-refractivity contribution in [1.29, 1.82) is 0 Å². The Morgan fingerprint density at radius 1 is 0.316 bits per heavy atom. The molecule has 12 rings (SSSR count). The maximum atomic E-state index is 6.72. The number of hydrogen-bond donors (Lipinski definition) is 0. The first-order chi connectivity index (χ1) is 28.2. The van der Waals surface area contributed by atoms with E-state index in [0.29, 0.717) is 17.6 Å². The summed E-state index contributed by atoms with van der Waals surface area (Å²) in [6.07, 6.45) is 0. The average Bonchev–Trinajstić information content (AvgIpc) is 3.93. The summed E-state index contributed by atoms with van der Waals surface area (Å²) in [7, 11) is 0. The van der Waals surface area contributed by atoms with Crippen molar-refractivity contribution in [1.82, 2.24) is 24.1 Å². The van der Waals surface area contributed by atoms with E-state index in [4.69, 9.17) is 19.4 Å². The predicted octanol–water partition coefficient (Wildman–Crippen LogP) is 13.0. The number of para-hydroxylation sites is 4. The highest BCUT2D eigenvalue weighted by Gasteiger charge is 2.20. The van der Waals surface area contributed by atoms with Gasteiger partial charge in [0.25, 0.3) is 0 Å². The average molecular weight is 730 g/mol. The Bertz CT molecular complexity index is 3470. The van der Waals surface area contributed by atoms with Gasteiger partial charge in [0.15, 0.2) is 11.6 Å². The van der Waals surface area contributed by atoms with E-state index in [0.717, 1.165) is 82.7 Å². The summed E-state index contributed by atoms with van der Waals surface area (Å²) in [4.78, 5) is 15.6. The van der Waals surface area contributed by atoms with Crippen LogP contribution in [0.5, 0.6) is 0 Å². The minimum Gasteiger partial charge on any atom is -0.456 e. The van der Waals surface area contributed by atoms with Crippen molar-refractivity contribution in [2.75, 3.05) is 0 Å². The van der Waals surface area contributed by atoms with E-state index in [9.17, 15) is 0 Å². The van der Waals surface area contributed by atoms with Crippen LogP contribution in [0.1, 0.15) is 0 Å². The second-order valence-electron chi connectivity index (χ2n) is 14.5. The van der Waals surface area contributed by atoms with E-state index in [1.54, 1.807) is 0 Å². The molecule has 0 spiro atoms. The molecule has 57 heavy (non-hydrogen) atoms. The second-order valence-corrected chi connectivity index (χ2v) is 14.5. The highest BCUT2D eigenvalue weighted by atomic mass is 16.3. The maximum absolute atomic E-state index is 6.72. The third-order valence-corrected chi connectivity index (χ3v) is 11.2. The first kappa shape index (κ1) is 31.5. The predicted molar refractivity (Wildman–Crippen MR) is 232 cm³/mol. The van der Waals surface area contributed by atoms with Gasteiger partial charge in [-0.2, -0.15) is 9.97 Å². The SMILES string of the molecule is c1ccc(-c2cccc(-c3nc(-c4ccc5c(c4)oc4cc6c(cc45)c4ccccc4n6-c4ccccc4)nc(-n4c5ccccc5c5ccccc54)n3)c2)cc1. The Hall–Kier alpha value is -7.83. The van der Waals surface area contributed by atoms with Crippen molar-refractivity contribution in [3.8, 4) is 45.5 Å². The molecule has 0 bridgehead atoms. The van der Waals surface area contributed by atoms with Gasteiger partial charge in [-0.15, -0.1) is 0 Å². The topological polar surface area (TPSA) is 61.7 Å². The Balaban J connectivity index is 1.07. The molecule has 12 aromatic rings. The molecule has 0 radical (unpaired) electrons. The van der Waals surface area contributed by atoms with Gasteiger partial charge >= 0.3 is 0 Å². The number of aromatic nitrogens is 5. The summed E-state index contributed by atoms with van der Waals surface area (Å²) in [5.41, 5.74) is 11.0. The summed E-state index contributed by atoms with van der Waals surface area (Å²) in [5, 5.41) is 6.79. The van der Waals surface area contributed by atoms with E-state index >= 15 is 0 Å². The van der Waals surface area contributed by atoms with Gasteiger partial charge in [-0.25, -0.2) is 4.98 Å². The van der Waals surface area contributed by atoms with E-state index in [-0.39, 0.29) is 0 Å². The summed E-state index contributed by atoms with van der Waals surface area (Å²) in [6.45, 7) is 0. The van der Waals surface area contributed by atoms with Crippen molar-refractivity contribution in [2.24, 2.45) is 0 Å². The fourth-order valence-electron chi connectivity index (χ4n) is 8.56. The number of rotatable bonds is 5. The number of furan rings is 1. The molecule has 4 heterocycles. The summed E-state index contributed by atoms with van der Waals surface area (Å²) < 4.78 is 11.2. The van der Waals surface area contributed by atoms with Crippen molar-refractivity contribution < 1.29 is 4.42 Å². The fraction of sp³-hybridized carbons (Fsp3) is 0. The summed E-state index contributed by atoms with van der Waals surface area (Å²) in [6, 6.07) is 65.5. The molecular weight excluding hydrogens is 699 g/mol. The van der Waals surface area contributed by atoms with E-state index in [1.807, 2.05) is 6.07 Å². The van der Waals surface area contributed by atoms with Crippen LogP contribution in [-0.4, -0.2) is 24.1 Å². The zero-order valence-electron chi connectivity index (χ0n) is 30.5. The Labute approximate surface area is 326 Å². The van der Waals surface area contributed by atoms with Gasteiger partial charge in [0, 0.05) is 55.2 Å². The monoisotopic (exact) mass is 729 g/mol. The number of benzene rings is 8. The van der Waals surface area contributed by atoms with Crippen LogP contribution in [-0.2, 0) is 0 Å². The molecule has 6 heteroatoms. The molecule has 0 saturated heterocycles. The Morgan fingerprint density at radius 2 is 0.860 bits per heavy atom. The minimum absolute atomic E-state index is 0.554. The Kier molecular flexibility index (Phi) is 6.83. The van der Waals surface area contributed by atoms with Crippen LogP contribution in [0.3, 0.4) is 0 Å². The molecule has 4 aromatic heterocycles. The highest BCUT2D eigenvalue weighted by Crippen LogP contribution is 2.40. The third kappa shape index (κ3) is 4.94. The number of fused-ring (bicyclic) bond motifs is 9. The molecule has 0 aliphatic carbocycles. The molecule has 0 aliphatic rings. The highest BCUT2D eigenvalue weighted by molar-refractivity contribution is 6.17. The molecular formula is C51H31N5O. The molecule has 0 saturated carbocycles. The summed E-state index contributed by atoms with van der Waals surface area (Å²) in [5.74, 6) is 1.71. The fourth-order valence-corrected chi connectivity index (χ4v) is 8.56. The van der Waals surface area contributed by atoms with Crippen LogP contribution in [0.25, 0.3) is 111 Å². The molecule has 0 aliphatic heterocycles. The van der Waals surface area contributed by atoms with Gasteiger partial charge in [0.2, 0.25) is 5.95 Å². The standard InChI is InChI=1S/C51H31N5O/c1-3-14-32(15-4-1)33-16-13-17-34(28-33)49-52-50(54-51(53-49)56-44-24-11-7-20-37(44)38-21-8-12-25-45(38)56)35-26-27-40-42-30-41-39-22-9-10-23-43(39)55(36-18-5-2-6-19-36)46(41)31-48(42)57-47(40)29-35/h1-31H. The zero-order chi connectivity index (χ0) is 37.5. The van der Waals surface area contributed by atoms with Gasteiger partial charge in [0.05, 0.1) is 22.1 Å². The van der Waals surface area contributed by atoms with Gasteiger partial charge in [-0.1, -0.05) is 127 Å². The zero-order valence-corrected chi connectivity index (χ0v) is 30.5. The molecule has 0 fully saturated rings. The smallest absolute Gasteiger partial charge is 0.238 e. The maximum Gasteiger partial charge on any atom is 0.238 e. The van der Waals surface area contributed by atoms with E-state index in [1.165, 1.54) is 10.8 Å². The molecule has 0 N–H and O–H groups in total. The van der Waals surface area contributed by atoms with E-state index < -0.39 is 0 Å². The molecule has 6 nitrogen and oxygen atoms in total. The van der Waals surface area contributed by atoms with Crippen LogP contribution >= 0.6 is 0 Å². The number of nitrogens with zero attached hydrogens (tertiary/aromatic N) is 5. The first-order valence-electron chi connectivity index (χ1n) is 19.1. The first-order valence-corrected chi connectivity index (χ1v) is 19.1. The lowest BCUT2D eigenvalue weighted by Gasteiger charge is -2.11. The van der Waals surface area contributed by atoms with Gasteiger partial charge in [0.1, 0.15) is 11.2 Å². The van der Waals surface area contributed by atoms with Gasteiger partial charge < -0.3 is 8.98 Å². The molecule has 266 valence electrons. The van der Waals surface area contributed by atoms with Crippen LogP contribution in [0, 0.1) is 0 Å². The normalized spacial score (nSPS) is 11.9. The molecule has 0 atom stereocenters. The van der Waals surface area contributed by atoms with E-state index in [2.05, 4.69) is 191 Å². The summed E-state index contributed by atoms with van der Waals surface area (Å²) >= 11 is 0. The van der Waals surface area contributed by atoms with Crippen molar-refractivity contribution in [3.63, 3.8) is 0 Å². The van der Waals surface area contributed by atoms with Crippen LogP contribution < -0.4 is 0 Å². The lowest BCUT2D eigenvalue weighted by atomic mass is 10.0. The number of hydrogen-bond acceptors (Lipinski definition) is 4.